The van der Waals surface area contributed by atoms with Crippen LogP contribution >= 0.6 is 38.6 Å². The van der Waals surface area contributed by atoms with E-state index in [1.54, 1.807) is 23.7 Å². The Morgan fingerprint density at radius 1 is 1.25 bits per heavy atom. The second-order valence-electron chi connectivity index (χ2n) is 6.89. The average Bonchev–Trinajstić information content (AvgIpc) is 3.45. The van der Waals surface area contributed by atoms with Crippen LogP contribution in [0, 0.1) is 0 Å². The van der Waals surface area contributed by atoms with Gasteiger partial charge in [0.05, 0.1) is 22.4 Å². The Morgan fingerprint density at radius 2 is 2.06 bits per heavy atom. The van der Waals surface area contributed by atoms with Gasteiger partial charge in [0, 0.05) is 6.54 Å². The number of sulfonamides is 1. The molecule has 0 spiro atoms. The fourth-order valence-electron chi connectivity index (χ4n) is 3.48. The summed E-state index contributed by atoms with van der Waals surface area (Å²) in [5.74, 6) is -1.18. The molecule has 0 saturated carbocycles. The Morgan fingerprint density at radius 3 is 2.78 bits per heavy atom. The lowest BCUT2D eigenvalue weighted by molar-refractivity contribution is -0.148. The summed E-state index contributed by atoms with van der Waals surface area (Å²) >= 11 is 5.62. The van der Waals surface area contributed by atoms with E-state index in [2.05, 4.69) is 26.2 Å². The number of fused-ring (bicyclic) bond motifs is 1. The third-order valence-electron chi connectivity index (χ3n) is 4.87. The van der Waals surface area contributed by atoms with E-state index in [0.717, 1.165) is 26.3 Å². The first-order valence-electron chi connectivity index (χ1n) is 9.54. The fraction of sp³-hybridized carbons (Fsp3) is 0.250. The molecule has 0 aliphatic carbocycles. The van der Waals surface area contributed by atoms with Crippen molar-refractivity contribution < 1.29 is 22.7 Å². The molecule has 1 atom stereocenters. The monoisotopic (exact) mass is 555 g/mol. The normalized spacial score (nSPS) is 16.3. The van der Waals surface area contributed by atoms with Crippen LogP contribution in [0.5, 0.6) is 0 Å². The minimum atomic E-state index is -3.77. The number of thiophene rings is 1. The van der Waals surface area contributed by atoms with Gasteiger partial charge in [-0.25, -0.2) is 13.4 Å². The molecular weight excluding hydrogens is 538 g/mol. The Hall–Kier alpha value is -2.12. The number of nitrogens with zero attached hydrogens (tertiary/aromatic N) is 2. The first kappa shape index (κ1) is 23.1. The molecule has 1 N–H and O–H groups in total. The van der Waals surface area contributed by atoms with Gasteiger partial charge in [0.1, 0.15) is 4.21 Å². The summed E-state index contributed by atoms with van der Waals surface area (Å²) < 4.78 is 34.0. The molecule has 1 aromatic carbocycles. The third-order valence-corrected chi connectivity index (χ3v) is 9.54. The number of carbonyl (C=O) groups is 2. The van der Waals surface area contributed by atoms with Crippen molar-refractivity contribution >= 4 is 65.6 Å². The number of carbonyl (C=O) groups excluding carboxylic acids is 2. The molecule has 12 heteroatoms. The van der Waals surface area contributed by atoms with Gasteiger partial charge in [-0.15, -0.1) is 11.3 Å². The van der Waals surface area contributed by atoms with E-state index in [9.17, 15) is 18.0 Å². The molecule has 1 aliphatic rings. The second kappa shape index (κ2) is 9.79. The first-order valence-corrected chi connectivity index (χ1v) is 13.5. The maximum atomic E-state index is 13.2. The van der Waals surface area contributed by atoms with Gasteiger partial charge in [-0.05, 0) is 44.9 Å². The molecule has 3 heterocycles. The van der Waals surface area contributed by atoms with E-state index in [-0.39, 0.29) is 17.2 Å². The van der Waals surface area contributed by atoms with E-state index in [1.807, 2.05) is 24.3 Å². The van der Waals surface area contributed by atoms with Crippen LogP contribution < -0.4 is 5.32 Å². The number of halogens is 1. The number of hydrogen-bond acceptors (Lipinski definition) is 8. The van der Waals surface area contributed by atoms with Gasteiger partial charge in [0.15, 0.2) is 11.7 Å². The molecule has 1 aliphatic heterocycles. The molecule has 0 fully saturated rings. The summed E-state index contributed by atoms with van der Waals surface area (Å²) in [6.07, 6.45) is 1.91. The van der Waals surface area contributed by atoms with Crippen molar-refractivity contribution in [3.05, 3.63) is 62.9 Å². The van der Waals surface area contributed by atoms with Crippen molar-refractivity contribution in [3.63, 3.8) is 0 Å². The lowest BCUT2D eigenvalue weighted by Crippen LogP contribution is -2.41. The fourth-order valence-corrected chi connectivity index (χ4v) is 7.33. The molecule has 4 rings (SSSR count). The predicted molar refractivity (Wildman–Crippen MR) is 125 cm³/mol. The molecule has 3 aromatic rings. The van der Waals surface area contributed by atoms with Gasteiger partial charge in [-0.1, -0.05) is 41.7 Å². The second-order valence-corrected chi connectivity index (χ2v) is 12.4. The van der Waals surface area contributed by atoms with Crippen molar-refractivity contribution in [2.24, 2.45) is 0 Å². The SMILES string of the molecule is O=C(COC(=O)CC1c2ccccc2CCN1S(=O)(=O)c1cccs1)Nc1ncc(Br)s1. The number of esters is 1. The van der Waals surface area contributed by atoms with Gasteiger partial charge in [0.25, 0.3) is 15.9 Å². The van der Waals surface area contributed by atoms with Crippen LogP contribution in [0.25, 0.3) is 0 Å². The van der Waals surface area contributed by atoms with Gasteiger partial charge >= 0.3 is 5.97 Å². The number of nitrogens with one attached hydrogen (secondary N) is 1. The highest BCUT2D eigenvalue weighted by molar-refractivity contribution is 9.11. The number of anilines is 1. The van der Waals surface area contributed by atoms with Gasteiger partial charge in [-0.2, -0.15) is 4.31 Å². The van der Waals surface area contributed by atoms with Gasteiger partial charge < -0.3 is 4.74 Å². The highest BCUT2D eigenvalue weighted by Gasteiger charge is 2.38. The van der Waals surface area contributed by atoms with Crippen molar-refractivity contribution in [1.29, 1.82) is 0 Å². The lowest BCUT2D eigenvalue weighted by atomic mass is 9.92. The summed E-state index contributed by atoms with van der Waals surface area (Å²) in [5.41, 5.74) is 1.77. The minimum absolute atomic E-state index is 0.197. The van der Waals surface area contributed by atoms with Crippen LogP contribution in [0.15, 0.2) is 56.0 Å². The topological polar surface area (TPSA) is 106 Å². The number of hydrogen-bond donors (Lipinski definition) is 1. The Labute approximate surface area is 201 Å². The summed E-state index contributed by atoms with van der Waals surface area (Å²) in [6.45, 7) is -0.226. The first-order chi connectivity index (χ1) is 15.3. The Balaban J connectivity index is 1.48. The van der Waals surface area contributed by atoms with Crippen LogP contribution in [-0.4, -0.2) is 42.7 Å². The summed E-state index contributed by atoms with van der Waals surface area (Å²) in [4.78, 5) is 28.6. The van der Waals surface area contributed by atoms with Crippen LogP contribution in [0.3, 0.4) is 0 Å². The largest absolute Gasteiger partial charge is 0.456 e. The number of aromatic nitrogens is 1. The zero-order valence-corrected chi connectivity index (χ0v) is 20.6. The zero-order valence-electron chi connectivity index (χ0n) is 16.6. The van der Waals surface area contributed by atoms with Crippen molar-refractivity contribution in [1.82, 2.24) is 9.29 Å². The molecule has 0 saturated heterocycles. The molecule has 0 radical (unpaired) electrons. The standard InChI is InChI=1S/C20H18BrN3O5S3/c21-16-11-22-20(31-16)23-17(25)12-29-18(26)10-15-14-5-2-1-4-13(14)7-8-24(15)32(27,28)19-6-3-9-30-19/h1-6,9,11,15H,7-8,10,12H2,(H,22,23,25). The zero-order chi connectivity index (χ0) is 22.7. The molecule has 8 nitrogen and oxygen atoms in total. The van der Waals surface area contributed by atoms with E-state index < -0.39 is 34.5 Å². The Bertz CT molecular complexity index is 1230. The molecule has 1 amide bonds. The lowest BCUT2D eigenvalue weighted by Gasteiger charge is -2.35. The van der Waals surface area contributed by atoms with E-state index in [0.29, 0.717) is 11.6 Å². The van der Waals surface area contributed by atoms with Crippen molar-refractivity contribution in [3.8, 4) is 0 Å². The summed E-state index contributed by atoms with van der Waals surface area (Å²) in [7, 11) is -3.77. The van der Waals surface area contributed by atoms with Crippen LogP contribution in [0.4, 0.5) is 5.13 Å². The van der Waals surface area contributed by atoms with Gasteiger partial charge in [0.2, 0.25) is 0 Å². The molecule has 0 bridgehead atoms. The smallest absolute Gasteiger partial charge is 0.308 e. The highest BCUT2D eigenvalue weighted by atomic mass is 79.9. The third kappa shape index (κ3) is 5.09. The maximum absolute atomic E-state index is 13.2. The predicted octanol–water partition coefficient (Wildman–Crippen LogP) is 3.83. The molecule has 2 aromatic heterocycles. The van der Waals surface area contributed by atoms with E-state index in [1.165, 1.54) is 15.6 Å². The van der Waals surface area contributed by atoms with Crippen molar-refractivity contribution in [2.45, 2.75) is 23.1 Å². The van der Waals surface area contributed by atoms with E-state index >= 15 is 0 Å². The quantitative estimate of drug-likeness (QED) is 0.444. The number of ether oxygens (including phenoxy) is 1. The van der Waals surface area contributed by atoms with Crippen LogP contribution in [-0.2, 0) is 30.8 Å². The molecule has 32 heavy (non-hydrogen) atoms. The molecule has 168 valence electrons. The maximum Gasteiger partial charge on any atom is 0.308 e. The summed E-state index contributed by atoms with van der Waals surface area (Å²) in [5, 5.41) is 4.63. The van der Waals surface area contributed by atoms with Crippen LogP contribution in [0.2, 0.25) is 0 Å². The van der Waals surface area contributed by atoms with E-state index in [4.69, 9.17) is 4.74 Å². The highest BCUT2D eigenvalue weighted by Crippen LogP contribution is 2.37. The number of amides is 1. The molecular formula is C20H18BrN3O5S3. The minimum Gasteiger partial charge on any atom is -0.456 e. The van der Waals surface area contributed by atoms with Crippen LogP contribution in [0.1, 0.15) is 23.6 Å². The number of thiazole rings is 1. The van der Waals surface area contributed by atoms with Crippen molar-refractivity contribution in [2.75, 3.05) is 18.5 Å². The summed E-state index contributed by atoms with van der Waals surface area (Å²) in [6, 6.07) is 9.99. The average molecular weight is 556 g/mol. The molecule has 1 unspecified atom stereocenters. The Kier molecular flexibility index (Phi) is 7.05. The number of rotatable bonds is 7. The van der Waals surface area contributed by atoms with Gasteiger partial charge in [-0.3, -0.25) is 14.9 Å². The number of benzene rings is 1.